The van der Waals surface area contributed by atoms with Gasteiger partial charge in [0.15, 0.2) is 5.78 Å². The Morgan fingerprint density at radius 3 is 2.30 bits per heavy atom. The van der Waals surface area contributed by atoms with Gasteiger partial charge >= 0.3 is 12.1 Å². The van der Waals surface area contributed by atoms with Crippen LogP contribution in [0.3, 0.4) is 0 Å². The lowest BCUT2D eigenvalue weighted by Gasteiger charge is -2.19. The molecule has 0 spiro atoms. The van der Waals surface area contributed by atoms with Crippen LogP contribution in [-0.2, 0) is 9.47 Å². The van der Waals surface area contributed by atoms with Crippen molar-refractivity contribution < 1.29 is 23.9 Å². The number of esters is 1. The van der Waals surface area contributed by atoms with Gasteiger partial charge in [-0.3, -0.25) is 4.79 Å². The Morgan fingerprint density at radius 1 is 1.00 bits per heavy atom. The maximum atomic E-state index is 12.2. The van der Waals surface area contributed by atoms with Gasteiger partial charge in [-0.15, -0.1) is 0 Å². The summed E-state index contributed by atoms with van der Waals surface area (Å²) in [7, 11) is 1.28. The predicted octanol–water partition coefficient (Wildman–Crippen LogP) is 3.92. The highest BCUT2D eigenvalue weighted by Gasteiger charge is 2.15. The van der Waals surface area contributed by atoms with Gasteiger partial charge in [0.25, 0.3) is 0 Å². The summed E-state index contributed by atoms with van der Waals surface area (Å²) < 4.78 is 9.77. The minimum Gasteiger partial charge on any atom is -0.464 e. The first-order chi connectivity index (χ1) is 12.7. The van der Waals surface area contributed by atoms with Gasteiger partial charge in [0.2, 0.25) is 0 Å². The lowest BCUT2D eigenvalue weighted by atomic mass is 10.1. The summed E-state index contributed by atoms with van der Waals surface area (Å²) in [5.41, 5.74) is -0.0534. The van der Waals surface area contributed by atoms with Crippen LogP contribution in [0.15, 0.2) is 18.2 Å². The number of hydrogen-bond acceptors (Lipinski definition) is 6. The van der Waals surface area contributed by atoms with E-state index in [-0.39, 0.29) is 11.5 Å². The van der Waals surface area contributed by atoms with Gasteiger partial charge in [0, 0.05) is 13.0 Å². The van der Waals surface area contributed by atoms with E-state index in [1.807, 2.05) is 20.8 Å². The van der Waals surface area contributed by atoms with Crippen LogP contribution in [-0.4, -0.2) is 42.1 Å². The second-order valence-electron chi connectivity index (χ2n) is 7.27. The number of hydrogen-bond donors (Lipinski definition) is 1. The molecule has 27 heavy (non-hydrogen) atoms. The quantitative estimate of drug-likeness (QED) is 0.377. The van der Waals surface area contributed by atoms with Crippen LogP contribution in [0.1, 0.15) is 80.3 Å². The maximum absolute atomic E-state index is 12.2. The zero-order valence-corrected chi connectivity index (χ0v) is 16.7. The molecule has 0 saturated heterocycles. The Hall–Kier alpha value is -2.44. The molecule has 0 aliphatic rings. The number of methoxy groups -OCH3 is 1. The second kappa shape index (κ2) is 11.3. The zero-order valence-electron chi connectivity index (χ0n) is 16.7. The van der Waals surface area contributed by atoms with E-state index < -0.39 is 17.7 Å². The first-order valence-corrected chi connectivity index (χ1v) is 9.28. The van der Waals surface area contributed by atoms with Gasteiger partial charge < -0.3 is 14.8 Å². The summed E-state index contributed by atoms with van der Waals surface area (Å²) in [6.45, 7) is 6.07. The minimum absolute atomic E-state index is 0.0765. The van der Waals surface area contributed by atoms with E-state index in [0.717, 1.165) is 32.1 Å². The fourth-order valence-electron chi connectivity index (χ4n) is 2.38. The maximum Gasteiger partial charge on any atom is 0.407 e. The number of ketones is 1. The average Bonchev–Trinajstić information content (AvgIpc) is 2.61. The lowest BCUT2D eigenvalue weighted by molar-refractivity contribution is 0.0525. The van der Waals surface area contributed by atoms with Crippen molar-refractivity contribution in [1.29, 1.82) is 0 Å². The van der Waals surface area contributed by atoms with Crippen LogP contribution in [0, 0.1) is 0 Å². The molecule has 150 valence electrons. The number of amides is 1. The van der Waals surface area contributed by atoms with Crippen molar-refractivity contribution in [2.75, 3.05) is 13.7 Å². The molecule has 1 amide bonds. The van der Waals surface area contributed by atoms with Crippen molar-refractivity contribution in [3.8, 4) is 0 Å². The summed E-state index contributed by atoms with van der Waals surface area (Å²) >= 11 is 0. The van der Waals surface area contributed by atoms with Crippen LogP contribution in [0.4, 0.5) is 4.79 Å². The number of pyridine rings is 1. The van der Waals surface area contributed by atoms with E-state index in [4.69, 9.17) is 4.74 Å². The zero-order chi connectivity index (χ0) is 20.3. The van der Waals surface area contributed by atoms with E-state index in [1.54, 1.807) is 12.1 Å². The molecule has 0 saturated carbocycles. The van der Waals surface area contributed by atoms with Crippen molar-refractivity contribution in [1.82, 2.24) is 10.3 Å². The molecule has 1 aromatic rings. The number of Topliss-reactive ketones (excluding diaryl/α,β-unsaturated/α-hetero) is 1. The summed E-state index contributed by atoms with van der Waals surface area (Å²) in [6.07, 6.45) is 4.52. The number of alkyl carbamates (subject to hydrolysis) is 1. The van der Waals surface area contributed by atoms with Gasteiger partial charge in [0.05, 0.1) is 7.11 Å². The molecular weight excluding hydrogens is 348 g/mol. The molecule has 0 atom stereocenters. The van der Waals surface area contributed by atoms with Gasteiger partial charge in [-0.25, -0.2) is 14.6 Å². The summed E-state index contributed by atoms with van der Waals surface area (Å²) in [5, 5.41) is 2.73. The number of aromatic nitrogens is 1. The van der Waals surface area contributed by atoms with Crippen molar-refractivity contribution in [2.45, 2.75) is 64.9 Å². The summed E-state index contributed by atoms with van der Waals surface area (Å²) in [4.78, 5) is 39.1. The Labute approximate surface area is 160 Å². The van der Waals surface area contributed by atoms with Crippen LogP contribution in [0.25, 0.3) is 0 Å². The Bertz CT molecular complexity index is 638. The molecular formula is C20H30N2O5. The highest BCUT2D eigenvalue weighted by molar-refractivity contribution is 5.95. The number of carbonyl (C=O) groups is 3. The lowest BCUT2D eigenvalue weighted by Crippen LogP contribution is -2.32. The Morgan fingerprint density at radius 2 is 1.63 bits per heavy atom. The largest absolute Gasteiger partial charge is 0.464 e. The van der Waals surface area contributed by atoms with E-state index >= 15 is 0 Å². The molecule has 0 radical (unpaired) electrons. The number of nitrogens with zero attached hydrogens (tertiary/aromatic N) is 1. The fourth-order valence-corrected chi connectivity index (χ4v) is 2.38. The third kappa shape index (κ3) is 9.72. The standard InChI is InChI=1S/C20H30N2O5/c1-20(2,3)27-19(25)21-14-9-7-5-6-8-13-17(23)15-11-10-12-16(22-15)18(24)26-4/h10-12H,5-9,13-14H2,1-4H3,(H,21,25). The second-order valence-corrected chi connectivity index (χ2v) is 7.27. The number of unbranched alkanes of at least 4 members (excludes halogenated alkanes) is 4. The van der Waals surface area contributed by atoms with Crippen molar-refractivity contribution in [2.24, 2.45) is 0 Å². The van der Waals surface area contributed by atoms with Crippen LogP contribution in [0.2, 0.25) is 0 Å². The monoisotopic (exact) mass is 378 g/mol. The Balaban J connectivity index is 2.15. The molecule has 1 aromatic heterocycles. The van der Waals surface area contributed by atoms with Gasteiger partial charge in [-0.2, -0.15) is 0 Å². The molecule has 0 aromatic carbocycles. The summed E-state index contributed by atoms with van der Waals surface area (Å²) in [6, 6.07) is 4.76. The molecule has 1 heterocycles. The minimum atomic E-state index is -0.551. The smallest absolute Gasteiger partial charge is 0.407 e. The first kappa shape index (κ1) is 22.6. The van der Waals surface area contributed by atoms with Crippen molar-refractivity contribution >= 4 is 17.8 Å². The molecule has 1 rings (SSSR count). The molecule has 0 bridgehead atoms. The van der Waals surface area contributed by atoms with Crippen LogP contribution >= 0.6 is 0 Å². The van der Waals surface area contributed by atoms with E-state index in [0.29, 0.717) is 18.7 Å². The SMILES string of the molecule is COC(=O)c1cccc(C(=O)CCCCCCCNC(=O)OC(C)(C)C)n1. The molecule has 0 aliphatic heterocycles. The van der Waals surface area contributed by atoms with E-state index in [2.05, 4.69) is 15.0 Å². The first-order valence-electron chi connectivity index (χ1n) is 9.28. The molecule has 7 nitrogen and oxygen atoms in total. The van der Waals surface area contributed by atoms with Crippen molar-refractivity contribution in [3.63, 3.8) is 0 Å². The van der Waals surface area contributed by atoms with Gasteiger partial charge in [0.1, 0.15) is 17.0 Å². The average molecular weight is 378 g/mol. The highest BCUT2D eigenvalue weighted by atomic mass is 16.6. The summed E-state index contributed by atoms with van der Waals surface area (Å²) in [5.74, 6) is -0.628. The van der Waals surface area contributed by atoms with Crippen LogP contribution < -0.4 is 5.32 Å². The molecule has 0 unspecified atom stereocenters. The molecule has 0 aliphatic carbocycles. The van der Waals surface area contributed by atoms with E-state index in [1.165, 1.54) is 13.2 Å². The molecule has 0 fully saturated rings. The van der Waals surface area contributed by atoms with Gasteiger partial charge in [-0.1, -0.05) is 25.3 Å². The number of nitrogens with one attached hydrogen (secondary N) is 1. The molecule has 1 N–H and O–H groups in total. The van der Waals surface area contributed by atoms with Gasteiger partial charge in [-0.05, 0) is 45.7 Å². The van der Waals surface area contributed by atoms with E-state index in [9.17, 15) is 14.4 Å². The topological polar surface area (TPSA) is 94.6 Å². The highest BCUT2D eigenvalue weighted by Crippen LogP contribution is 2.10. The van der Waals surface area contributed by atoms with Crippen LogP contribution in [0.5, 0.6) is 0 Å². The number of carbonyl (C=O) groups excluding carboxylic acids is 3. The third-order valence-electron chi connectivity index (χ3n) is 3.68. The predicted molar refractivity (Wildman–Crippen MR) is 102 cm³/mol. The fraction of sp³-hybridized carbons (Fsp3) is 0.600. The van der Waals surface area contributed by atoms with Crippen molar-refractivity contribution in [3.05, 3.63) is 29.6 Å². The number of rotatable bonds is 10. The Kier molecular flexibility index (Phi) is 9.47. The number of ether oxygens (including phenoxy) is 2. The normalized spacial score (nSPS) is 11.0. The third-order valence-corrected chi connectivity index (χ3v) is 3.68. The molecule has 7 heteroatoms.